The van der Waals surface area contributed by atoms with Crippen LogP contribution in [0.25, 0.3) is 0 Å². The van der Waals surface area contributed by atoms with Gasteiger partial charge < -0.3 is 20.6 Å². The second-order valence-electron chi connectivity index (χ2n) is 4.61. The quantitative estimate of drug-likeness (QED) is 0.406. The molecule has 19 heavy (non-hydrogen) atoms. The Morgan fingerprint density at radius 3 is 2.63 bits per heavy atom. The van der Waals surface area contributed by atoms with Gasteiger partial charge in [0.25, 0.3) is 0 Å². The second-order valence-corrected chi connectivity index (χ2v) is 4.61. The van der Waals surface area contributed by atoms with E-state index in [-0.39, 0.29) is 5.92 Å². The van der Waals surface area contributed by atoms with Crippen molar-refractivity contribution in [3.05, 3.63) is 11.9 Å². The Bertz CT molecular complexity index is 386. The molecule has 0 bridgehead atoms. The van der Waals surface area contributed by atoms with Gasteiger partial charge in [0.05, 0.1) is 12.7 Å². The monoisotopic (exact) mass is 269 g/mol. The maximum atomic E-state index is 9.58. The maximum absolute atomic E-state index is 9.58. The van der Waals surface area contributed by atoms with E-state index in [1.807, 2.05) is 13.8 Å². The largest absolute Gasteiger partial charge is 0.391 e. The molecule has 0 amide bonds. The maximum Gasteiger partial charge on any atom is 0.148 e. The number of aliphatic hydroxyl groups excluding tert-OH is 1. The summed E-state index contributed by atoms with van der Waals surface area (Å²) in [6.45, 7) is 5.03. The summed E-state index contributed by atoms with van der Waals surface area (Å²) >= 11 is 0. The summed E-state index contributed by atoms with van der Waals surface area (Å²) in [6.07, 6.45) is 1.56. The van der Waals surface area contributed by atoms with Crippen LogP contribution in [-0.2, 0) is 4.74 Å². The lowest BCUT2D eigenvalue weighted by molar-refractivity contribution is 0.0615. The minimum atomic E-state index is -0.478. The Balaban J connectivity index is 2.67. The highest BCUT2D eigenvalue weighted by Crippen LogP contribution is 2.27. The van der Waals surface area contributed by atoms with Gasteiger partial charge in [-0.25, -0.2) is 15.8 Å². The molecule has 0 spiro atoms. The number of methoxy groups -OCH3 is 1. The summed E-state index contributed by atoms with van der Waals surface area (Å²) in [5.41, 5.74) is 3.51. The van der Waals surface area contributed by atoms with Gasteiger partial charge in [-0.2, -0.15) is 0 Å². The number of ether oxygens (including phenoxy) is 1. The molecule has 0 aliphatic carbocycles. The molecule has 0 fully saturated rings. The van der Waals surface area contributed by atoms with E-state index in [0.717, 1.165) is 11.4 Å². The third-order valence-electron chi connectivity index (χ3n) is 2.73. The third kappa shape index (κ3) is 4.62. The Kier molecular flexibility index (Phi) is 6.48. The second kappa shape index (κ2) is 7.88. The van der Waals surface area contributed by atoms with E-state index < -0.39 is 6.10 Å². The Hall–Kier alpha value is -1.44. The SMILES string of the molecule is COCC(O)CCNc1ncnc(NN)c1C(C)C. The molecular formula is C12H23N5O2. The molecule has 7 heteroatoms. The summed E-state index contributed by atoms with van der Waals surface area (Å²) in [7, 11) is 1.57. The number of aromatic nitrogens is 2. The fourth-order valence-corrected chi connectivity index (χ4v) is 1.83. The van der Waals surface area contributed by atoms with Gasteiger partial charge in [0, 0.05) is 19.2 Å². The first-order chi connectivity index (χ1) is 9.10. The molecular weight excluding hydrogens is 246 g/mol. The number of nitrogen functional groups attached to an aromatic ring is 1. The van der Waals surface area contributed by atoms with Crippen LogP contribution in [0.15, 0.2) is 6.33 Å². The molecule has 0 aromatic carbocycles. The molecule has 0 saturated carbocycles. The molecule has 0 radical (unpaired) electrons. The van der Waals surface area contributed by atoms with Gasteiger partial charge >= 0.3 is 0 Å². The molecule has 1 unspecified atom stereocenters. The van der Waals surface area contributed by atoms with Crippen molar-refractivity contribution in [2.45, 2.75) is 32.3 Å². The van der Waals surface area contributed by atoms with Crippen molar-refractivity contribution in [1.82, 2.24) is 9.97 Å². The van der Waals surface area contributed by atoms with Crippen LogP contribution < -0.4 is 16.6 Å². The number of nitrogens with zero attached hydrogens (tertiary/aromatic N) is 2. The molecule has 1 aromatic heterocycles. The van der Waals surface area contributed by atoms with E-state index in [1.54, 1.807) is 7.11 Å². The van der Waals surface area contributed by atoms with Gasteiger partial charge in [-0.15, -0.1) is 0 Å². The summed E-state index contributed by atoms with van der Waals surface area (Å²) in [5.74, 6) is 7.04. The minimum Gasteiger partial charge on any atom is -0.391 e. The molecule has 1 aromatic rings. The Morgan fingerprint density at radius 1 is 1.37 bits per heavy atom. The van der Waals surface area contributed by atoms with Crippen molar-refractivity contribution in [2.24, 2.45) is 5.84 Å². The highest BCUT2D eigenvalue weighted by atomic mass is 16.5. The van der Waals surface area contributed by atoms with Crippen LogP contribution in [0, 0.1) is 0 Å². The predicted octanol–water partition coefficient (Wildman–Crippen LogP) is 0.695. The van der Waals surface area contributed by atoms with Crippen molar-refractivity contribution in [3.8, 4) is 0 Å². The summed E-state index contributed by atoms with van der Waals surface area (Å²) in [4.78, 5) is 8.32. The summed E-state index contributed by atoms with van der Waals surface area (Å²) < 4.78 is 4.87. The summed E-state index contributed by atoms with van der Waals surface area (Å²) in [6, 6.07) is 0. The average molecular weight is 269 g/mol. The molecule has 1 rings (SSSR count). The minimum absolute atomic E-state index is 0.235. The van der Waals surface area contributed by atoms with Gasteiger partial charge in [-0.05, 0) is 12.3 Å². The zero-order valence-electron chi connectivity index (χ0n) is 11.7. The fraction of sp³-hybridized carbons (Fsp3) is 0.667. The Morgan fingerprint density at radius 2 is 2.05 bits per heavy atom. The normalized spacial score (nSPS) is 12.5. The first-order valence-corrected chi connectivity index (χ1v) is 6.32. The molecule has 1 heterocycles. The molecule has 1 atom stereocenters. The van der Waals surface area contributed by atoms with E-state index >= 15 is 0 Å². The lowest BCUT2D eigenvalue weighted by Gasteiger charge is -2.17. The number of hydrogen-bond donors (Lipinski definition) is 4. The highest BCUT2D eigenvalue weighted by Gasteiger charge is 2.14. The van der Waals surface area contributed by atoms with Gasteiger partial charge in [0.15, 0.2) is 0 Å². The topological polar surface area (TPSA) is 105 Å². The first-order valence-electron chi connectivity index (χ1n) is 6.32. The number of anilines is 2. The number of aliphatic hydroxyl groups is 1. The smallest absolute Gasteiger partial charge is 0.148 e. The van der Waals surface area contributed by atoms with Crippen molar-refractivity contribution in [1.29, 1.82) is 0 Å². The van der Waals surface area contributed by atoms with E-state index in [4.69, 9.17) is 10.6 Å². The average Bonchev–Trinajstić information content (AvgIpc) is 2.38. The van der Waals surface area contributed by atoms with Crippen molar-refractivity contribution < 1.29 is 9.84 Å². The number of hydrazine groups is 1. The van der Waals surface area contributed by atoms with E-state index in [0.29, 0.717) is 25.4 Å². The van der Waals surface area contributed by atoms with Crippen molar-refractivity contribution in [3.63, 3.8) is 0 Å². The van der Waals surface area contributed by atoms with Gasteiger partial charge in [0.2, 0.25) is 0 Å². The van der Waals surface area contributed by atoms with Crippen LogP contribution >= 0.6 is 0 Å². The molecule has 5 N–H and O–H groups in total. The van der Waals surface area contributed by atoms with E-state index in [9.17, 15) is 5.11 Å². The standard InChI is InChI=1S/C12H23N5O2/c1-8(2)10-11(15-7-16-12(10)17-13)14-5-4-9(18)6-19-3/h7-9,18H,4-6,13H2,1-3H3,(H2,14,15,16,17). The molecule has 7 nitrogen and oxygen atoms in total. The van der Waals surface area contributed by atoms with Gasteiger partial charge in [-0.3, -0.25) is 0 Å². The predicted molar refractivity (Wildman–Crippen MR) is 74.9 cm³/mol. The van der Waals surface area contributed by atoms with Crippen molar-refractivity contribution in [2.75, 3.05) is 31.0 Å². The summed E-state index contributed by atoms with van der Waals surface area (Å²) in [5, 5.41) is 12.8. The lowest BCUT2D eigenvalue weighted by atomic mass is 10.0. The van der Waals surface area contributed by atoms with Crippen LogP contribution in [0.2, 0.25) is 0 Å². The van der Waals surface area contributed by atoms with Crippen LogP contribution in [0.4, 0.5) is 11.6 Å². The van der Waals surface area contributed by atoms with Crippen LogP contribution in [0.3, 0.4) is 0 Å². The van der Waals surface area contributed by atoms with Crippen LogP contribution in [0.5, 0.6) is 0 Å². The van der Waals surface area contributed by atoms with Gasteiger partial charge in [0.1, 0.15) is 18.0 Å². The number of hydrogen-bond acceptors (Lipinski definition) is 7. The van der Waals surface area contributed by atoms with Gasteiger partial charge in [-0.1, -0.05) is 13.8 Å². The van der Waals surface area contributed by atoms with Crippen LogP contribution in [-0.4, -0.2) is 41.4 Å². The van der Waals surface area contributed by atoms with Crippen LogP contribution in [0.1, 0.15) is 31.7 Å². The molecule has 0 aliphatic heterocycles. The Labute approximate surface area is 113 Å². The third-order valence-corrected chi connectivity index (χ3v) is 2.73. The van der Waals surface area contributed by atoms with E-state index in [2.05, 4.69) is 20.7 Å². The number of rotatable bonds is 8. The van der Waals surface area contributed by atoms with Crippen molar-refractivity contribution >= 4 is 11.6 Å². The molecule has 0 saturated heterocycles. The highest BCUT2D eigenvalue weighted by molar-refractivity contribution is 5.58. The first kappa shape index (κ1) is 15.6. The number of nitrogens with one attached hydrogen (secondary N) is 2. The number of nitrogens with two attached hydrogens (primary N) is 1. The van der Waals surface area contributed by atoms with E-state index in [1.165, 1.54) is 6.33 Å². The molecule has 108 valence electrons. The lowest BCUT2D eigenvalue weighted by Crippen LogP contribution is -2.20. The fourth-order valence-electron chi connectivity index (χ4n) is 1.83. The molecule has 0 aliphatic rings. The zero-order valence-corrected chi connectivity index (χ0v) is 11.7. The zero-order chi connectivity index (χ0) is 14.3.